The van der Waals surface area contributed by atoms with Gasteiger partial charge in [0.2, 0.25) is 15.9 Å². The van der Waals surface area contributed by atoms with Crippen LogP contribution in [-0.2, 0) is 20.6 Å². The number of carbonyl (C=O) groups excluding carboxylic acids is 1. The first kappa shape index (κ1) is 18.9. The Morgan fingerprint density at radius 1 is 1.25 bits per heavy atom. The Balaban J connectivity index is 0.00000361. The zero-order chi connectivity index (χ0) is 14.6. The molecule has 5 N–H and O–H groups in total. The van der Waals surface area contributed by atoms with E-state index in [4.69, 9.17) is 10.9 Å². The summed E-state index contributed by atoms with van der Waals surface area (Å²) in [6.07, 6.45) is 0. The highest BCUT2D eigenvalue weighted by atomic mass is 35.5. The van der Waals surface area contributed by atoms with Crippen molar-refractivity contribution in [3.05, 3.63) is 29.8 Å². The summed E-state index contributed by atoms with van der Waals surface area (Å²) in [5.41, 5.74) is 6.85. The highest BCUT2D eigenvalue weighted by molar-refractivity contribution is 7.88. The molecule has 1 rings (SSSR count). The first-order chi connectivity index (χ1) is 8.69. The van der Waals surface area contributed by atoms with Gasteiger partial charge in [0.1, 0.15) is 0 Å². The van der Waals surface area contributed by atoms with Gasteiger partial charge in [-0.3, -0.25) is 4.79 Å². The number of anilines is 1. The molecule has 1 amide bonds. The molecule has 1 aromatic carbocycles. The molecule has 114 valence electrons. The molecule has 0 aliphatic heterocycles. The summed E-state index contributed by atoms with van der Waals surface area (Å²) in [7, 11) is -3.55. The molecule has 0 saturated heterocycles. The van der Waals surface area contributed by atoms with E-state index in [0.717, 1.165) is 0 Å². The minimum atomic E-state index is -3.55. The van der Waals surface area contributed by atoms with Crippen LogP contribution in [0, 0.1) is 5.92 Å². The summed E-state index contributed by atoms with van der Waals surface area (Å²) in [6.45, 7) is 3.72. The summed E-state index contributed by atoms with van der Waals surface area (Å²) in [6, 6.07) is 5.85. The van der Waals surface area contributed by atoms with Crippen LogP contribution in [0.1, 0.15) is 19.4 Å². The molecule has 0 aromatic heterocycles. The minimum Gasteiger partial charge on any atom is -0.325 e. The number of carbonyl (C=O) groups is 1. The van der Waals surface area contributed by atoms with Crippen LogP contribution in [0.4, 0.5) is 5.69 Å². The number of hydrogen-bond donors (Lipinski definition) is 3. The van der Waals surface area contributed by atoms with Crippen molar-refractivity contribution in [3.8, 4) is 0 Å². The molecule has 0 saturated carbocycles. The lowest BCUT2D eigenvalue weighted by atomic mass is 10.0. The van der Waals surface area contributed by atoms with E-state index >= 15 is 0 Å². The normalized spacial score (nSPS) is 12.7. The van der Waals surface area contributed by atoms with E-state index in [1.807, 2.05) is 13.8 Å². The molecule has 1 aromatic rings. The number of rotatable bonds is 5. The van der Waals surface area contributed by atoms with Gasteiger partial charge in [-0.25, -0.2) is 13.6 Å². The SMILES string of the molecule is CC(C)C(N)C(=O)Nc1ccc(CS(N)(=O)=O)cc1.Cl. The molecule has 0 heterocycles. The van der Waals surface area contributed by atoms with Gasteiger partial charge in [-0.2, -0.15) is 0 Å². The third-order valence-corrected chi connectivity index (χ3v) is 3.35. The Kier molecular flexibility index (Phi) is 7.15. The molecule has 0 aliphatic carbocycles. The van der Waals surface area contributed by atoms with Gasteiger partial charge in [-0.15, -0.1) is 12.4 Å². The minimum absolute atomic E-state index is 0. The Labute approximate surface area is 125 Å². The number of amides is 1. The van der Waals surface area contributed by atoms with Crippen LogP contribution in [0.2, 0.25) is 0 Å². The maximum absolute atomic E-state index is 11.7. The maximum atomic E-state index is 11.7. The lowest BCUT2D eigenvalue weighted by molar-refractivity contribution is -0.118. The van der Waals surface area contributed by atoms with Gasteiger partial charge in [0.05, 0.1) is 11.8 Å². The van der Waals surface area contributed by atoms with Crippen molar-refractivity contribution in [3.63, 3.8) is 0 Å². The molecule has 6 nitrogen and oxygen atoms in total. The van der Waals surface area contributed by atoms with Gasteiger partial charge in [0.25, 0.3) is 0 Å². The van der Waals surface area contributed by atoms with Crippen molar-refractivity contribution in [2.75, 3.05) is 5.32 Å². The lowest BCUT2D eigenvalue weighted by Crippen LogP contribution is -2.39. The molecule has 0 bridgehead atoms. The summed E-state index contributed by atoms with van der Waals surface area (Å²) >= 11 is 0. The molecule has 1 atom stereocenters. The van der Waals surface area contributed by atoms with Gasteiger partial charge in [-0.05, 0) is 23.6 Å². The number of nitrogens with one attached hydrogen (secondary N) is 1. The fourth-order valence-corrected chi connectivity index (χ4v) is 2.10. The number of nitrogens with two attached hydrogens (primary N) is 2. The van der Waals surface area contributed by atoms with Crippen LogP contribution in [0.15, 0.2) is 24.3 Å². The largest absolute Gasteiger partial charge is 0.325 e. The predicted octanol–water partition coefficient (Wildman–Crippen LogP) is 0.819. The Hall–Kier alpha value is -1.15. The van der Waals surface area contributed by atoms with Crippen LogP contribution in [0.25, 0.3) is 0 Å². The summed E-state index contributed by atoms with van der Waals surface area (Å²) in [5.74, 6) is -0.455. The molecule has 20 heavy (non-hydrogen) atoms. The van der Waals surface area contributed by atoms with Crippen LogP contribution in [-0.4, -0.2) is 20.4 Å². The van der Waals surface area contributed by atoms with Gasteiger partial charge in [0, 0.05) is 5.69 Å². The number of hydrogen-bond acceptors (Lipinski definition) is 4. The van der Waals surface area contributed by atoms with E-state index in [1.54, 1.807) is 24.3 Å². The van der Waals surface area contributed by atoms with E-state index in [-0.39, 0.29) is 30.0 Å². The lowest BCUT2D eigenvalue weighted by Gasteiger charge is -2.15. The van der Waals surface area contributed by atoms with Crippen molar-refractivity contribution in [2.24, 2.45) is 16.8 Å². The molecular weight excluding hydrogens is 302 g/mol. The zero-order valence-electron chi connectivity index (χ0n) is 11.4. The fraction of sp³-hybridized carbons (Fsp3) is 0.417. The van der Waals surface area contributed by atoms with E-state index in [2.05, 4.69) is 5.32 Å². The molecule has 0 aliphatic rings. The second-order valence-electron chi connectivity index (χ2n) is 4.76. The van der Waals surface area contributed by atoms with Crippen molar-refractivity contribution in [1.29, 1.82) is 0 Å². The predicted molar refractivity (Wildman–Crippen MR) is 81.9 cm³/mol. The summed E-state index contributed by atoms with van der Waals surface area (Å²) in [4.78, 5) is 11.7. The number of primary sulfonamides is 1. The third-order valence-electron chi connectivity index (χ3n) is 2.61. The molecule has 1 unspecified atom stereocenters. The monoisotopic (exact) mass is 321 g/mol. The van der Waals surface area contributed by atoms with Gasteiger partial charge < -0.3 is 11.1 Å². The smallest absolute Gasteiger partial charge is 0.241 e. The molecule has 0 spiro atoms. The maximum Gasteiger partial charge on any atom is 0.241 e. The quantitative estimate of drug-likeness (QED) is 0.744. The third kappa shape index (κ3) is 6.33. The van der Waals surface area contributed by atoms with Crippen molar-refractivity contribution in [1.82, 2.24) is 0 Å². The molecular formula is C12H20ClN3O3S. The van der Waals surface area contributed by atoms with Gasteiger partial charge in [0.15, 0.2) is 0 Å². The van der Waals surface area contributed by atoms with E-state index in [0.29, 0.717) is 11.3 Å². The highest BCUT2D eigenvalue weighted by Crippen LogP contribution is 2.12. The van der Waals surface area contributed by atoms with E-state index in [1.165, 1.54) is 0 Å². The first-order valence-corrected chi connectivity index (χ1v) is 7.56. The standard InChI is InChI=1S/C12H19N3O3S.ClH/c1-8(2)11(13)12(16)15-10-5-3-9(4-6-10)7-19(14,17)18;/h3-6,8,11H,7,13H2,1-2H3,(H,15,16)(H2,14,17,18);1H. The van der Waals surface area contributed by atoms with Crippen LogP contribution in [0.5, 0.6) is 0 Å². The van der Waals surface area contributed by atoms with Crippen molar-refractivity contribution < 1.29 is 13.2 Å². The van der Waals surface area contributed by atoms with Crippen LogP contribution < -0.4 is 16.2 Å². The number of sulfonamides is 1. The zero-order valence-corrected chi connectivity index (χ0v) is 13.0. The summed E-state index contributed by atoms with van der Waals surface area (Å²) < 4.78 is 21.8. The number of halogens is 1. The Bertz CT molecular complexity index is 544. The van der Waals surface area contributed by atoms with Crippen molar-refractivity contribution >= 4 is 34.0 Å². The number of benzene rings is 1. The average Bonchev–Trinajstić information content (AvgIpc) is 2.28. The van der Waals surface area contributed by atoms with E-state index < -0.39 is 16.1 Å². The highest BCUT2D eigenvalue weighted by Gasteiger charge is 2.17. The van der Waals surface area contributed by atoms with Crippen LogP contribution >= 0.6 is 12.4 Å². The van der Waals surface area contributed by atoms with Gasteiger partial charge in [-0.1, -0.05) is 26.0 Å². The Morgan fingerprint density at radius 2 is 1.75 bits per heavy atom. The fourth-order valence-electron chi connectivity index (χ4n) is 1.44. The molecule has 0 fully saturated rings. The van der Waals surface area contributed by atoms with E-state index in [9.17, 15) is 13.2 Å². The average molecular weight is 322 g/mol. The van der Waals surface area contributed by atoms with Crippen LogP contribution in [0.3, 0.4) is 0 Å². The van der Waals surface area contributed by atoms with Gasteiger partial charge >= 0.3 is 0 Å². The topological polar surface area (TPSA) is 115 Å². The second-order valence-corrected chi connectivity index (χ2v) is 6.38. The summed E-state index contributed by atoms with van der Waals surface area (Å²) in [5, 5.41) is 7.61. The first-order valence-electron chi connectivity index (χ1n) is 5.85. The second kappa shape index (κ2) is 7.58. The molecule has 8 heteroatoms. The Morgan fingerprint density at radius 3 is 2.15 bits per heavy atom. The van der Waals surface area contributed by atoms with Crippen molar-refractivity contribution in [2.45, 2.75) is 25.6 Å². The molecule has 0 radical (unpaired) electrons.